The van der Waals surface area contributed by atoms with Gasteiger partial charge in [-0.2, -0.15) is 0 Å². The minimum atomic E-state index is -0.481. The van der Waals surface area contributed by atoms with Gasteiger partial charge in [0.1, 0.15) is 11.4 Å². The topological polar surface area (TPSA) is 57.2 Å². The van der Waals surface area contributed by atoms with Crippen molar-refractivity contribution in [3.63, 3.8) is 0 Å². The Morgan fingerprint density at radius 1 is 1.36 bits per heavy atom. The molecule has 1 amide bonds. The zero-order valence-corrected chi connectivity index (χ0v) is 19.3. The third kappa shape index (κ3) is 5.71. The number of hydrogen-bond acceptors (Lipinski definition) is 5. The Hall–Kier alpha value is -1.58. The van der Waals surface area contributed by atoms with E-state index in [1.807, 2.05) is 33.8 Å². The van der Waals surface area contributed by atoms with Crippen molar-refractivity contribution in [2.45, 2.75) is 45.8 Å². The van der Waals surface area contributed by atoms with E-state index in [-0.39, 0.29) is 41.9 Å². The van der Waals surface area contributed by atoms with Gasteiger partial charge in [0.15, 0.2) is 5.96 Å². The van der Waals surface area contributed by atoms with Gasteiger partial charge in [-0.15, -0.1) is 24.0 Å². The second kappa shape index (κ2) is 9.28. The maximum absolute atomic E-state index is 13.2. The summed E-state index contributed by atoms with van der Waals surface area (Å²) in [6.07, 6.45) is 0.559. The van der Waals surface area contributed by atoms with Crippen LogP contribution in [0.5, 0.6) is 0 Å². The van der Waals surface area contributed by atoms with E-state index in [9.17, 15) is 9.18 Å². The molecule has 0 saturated carbocycles. The summed E-state index contributed by atoms with van der Waals surface area (Å²) in [4.78, 5) is 20.9. The summed E-state index contributed by atoms with van der Waals surface area (Å²) in [6.45, 7) is 11.0. The molecule has 2 aliphatic heterocycles. The van der Waals surface area contributed by atoms with Crippen LogP contribution in [0.15, 0.2) is 23.2 Å². The second-order valence-corrected chi connectivity index (χ2v) is 8.19. The summed E-state index contributed by atoms with van der Waals surface area (Å²) in [6, 6.07) is 5.10. The molecular weight excluding hydrogens is 474 g/mol. The van der Waals surface area contributed by atoms with Gasteiger partial charge in [0.05, 0.1) is 12.6 Å². The number of halogens is 2. The summed E-state index contributed by atoms with van der Waals surface area (Å²) in [5.41, 5.74) is 1.62. The number of rotatable bonds is 3. The van der Waals surface area contributed by atoms with Crippen molar-refractivity contribution in [1.29, 1.82) is 0 Å². The number of nitrogens with zero attached hydrogens (tertiary/aromatic N) is 3. The van der Waals surface area contributed by atoms with Gasteiger partial charge in [0.2, 0.25) is 0 Å². The van der Waals surface area contributed by atoms with Gasteiger partial charge in [0.25, 0.3) is 0 Å². The van der Waals surface area contributed by atoms with E-state index >= 15 is 0 Å². The van der Waals surface area contributed by atoms with Crippen molar-refractivity contribution in [2.75, 3.05) is 32.7 Å². The molecule has 1 aromatic carbocycles. The molecule has 2 aliphatic rings. The first kappa shape index (κ1) is 22.7. The highest BCUT2D eigenvalue weighted by Crippen LogP contribution is 2.18. The summed E-state index contributed by atoms with van der Waals surface area (Å²) in [5.74, 6) is 0.693. The van der Waals surface area contributed by atoms with Crippen LogP contribution in [0.3, 0.4) is 0 Å². The van der Waals surface area contributed by atoms with Gasteiger partial charge < -0.3 is 19.9 Å². The zero-order chi connectivity index (χ0) is 19.6. The molecule has 28 heavy (non-hydrogen) atoms. The lowest BCUT2D eigenvalue weighted by Gasteiger charge is -2.39. The second-order valence-electron chi connectivity index (χ2n) is 8.19. The smallest absolute Gasteiger partial charge is 0.410 e. The lowest BCUT2D eigenvalue weighted by atomic mass is 10.1. The summed E-state index contributed by atoms with van der Waals surface area (Å²) < 4.78 is 18.7. The molecule has 156 valence electrons. The van der Waals surface area contributed by atoms with Crippen LogP contribution in [-0.4, -0.2) is 66.2 Å². The minimum absolute atomic E-state index is 0. The van der Waals surface area contributed by atoms with Gasteiger partial charge in [-0.3, -0.25) is 4.99 Å². The van der Waals surface area contributed by atoms with Gasteiger partial charge >= 0.3 is 6.09 Å². The zero-order valence-electron chi connectivity index (χ0n) is 17.0. The molecule has 0 radical (unpaired) electrons. The van der Waals surface area contributed by atoms with Crippen molar-refractivity contribution in [2.24, 2.45) is 4.99 Å². The number of carbonyl (C=O) groups is 1. The molecule has 2 heterocycles. The van der Waals surface area contributed by atoms with E-state index in [2.05, 4.69) is 15.2 Å². The van der Waals surface area contributed by atoms with Crippen LogP contribution >= 0.6 is 24.0 Å². The number of aryl methyl sites for hydroxylation is 1. The predicted molar refractivity (Wildman–Crippen MR) is 119 cm³/mol. The van der Waals surface area contributed by atoms with Crippen molar-refractivity contribution in [3.05, 3.63) is 35.1 Å². The highest BCUT2D eigenvalue weighted by molar-refractivity contribution is 14.0. The van der Waals surface area contributed by atoms with E-state index in [0.717, 1.165) is 36.6 Å². The monoisotopic (exact) mass is 504 g/mol. The number of hydrogen-bond donors (Lipinski definition) is 1. The van der Waals surface area contributed by atoms with Crippen molar-refractivity contribution in [3.8, 4) is 0 Å². The number of benzene rings is 1. The number of ether oxygens (including phenoxy) is 1. The molecule has 0 aromatic heterocycles. The van der Waals surface area contributed by atoms with Crippen molar-refractivity contribution >= 4 is 36.0 Å². The molecule has 1 N–H and O–H groups in total. The van der Waals surface area contributed by atoms with Crippen LogP contribution in [0, 0.1) is 12.7 Å². The third-order valence-electron chi connectivity index (χ3n) is 4.84. The first-order valence-electron chi connectivity index (χ1n) is 9.51. The number of carbonyl (C=O) groups excluding carboxylic acids is 1. The van der Waals surface area contributed by atoms with E-state index in [4.69, 9.17) is 4.74 Å². The SMILES string of the molecule is Cc1cc(F)ccc1CCNC1=NCC2CN(C(=O)OC(C)(C)C)CCN12.I. The lowest BCUT2D eigenvalue weighted by Crippen LogP contribution is -2.57. The Kier molecular flexibility index (Phi) is 7.52. The molecule has 8 heteroatoms. The quantitative estimate of drug-likeness (QED) is 0.643. The summed E-state index contributed by atoms with van der Waals surface area (Å²) in [7, 11) is 0. The van der Waals surface area contributed by atoms with Gasteiger partial charge in [-0.1, -0.05) is 6.07 Å². The molecule has 6 nitrogen and oxygen atoms in total. The van der Waals surface area contributed by atoms with Gasteiger partial charge in [0, 0.05) is 26.2 Å². The maximum atomic E-state index is 13.2. The van der Waals surface area contributed by atoms with Crippen LogP contribution in [0.2, 0.25) is 0 Å². The molecule has 1 saturated heterocycles. The Morgan fingerprint density at radius 2 is 2.11 bits per heavy atom. The Morgan fingerprint density at radius 3 is 2.79 bits per heavy atom. The number of nitrogens with one attached hydrogen (secondary N) is 1. The van der Waals surface area contributed by atoms with E-state index in [0.29, 0.717) is 19.6 Å². The number of fused-ring (bicyclic) bond motifs is 1. The molecule has 0 aliphatic carbocycles. The molecule has 3 rings (SSSR count). The molecule has 1 aromatic rings. The van der Waals surface area contributed by atoms with E-state index in [1.54, 1.807) is 11.0 Å². The molecular formula is C20H30FIN4O2. The fourth-order valence-corrected chi connectivity index (χ4v) is 3.47. The highest BCUT2D eigenvalue weighted by Gasteiger charge is 2.36. The first-order valence-corrected chi connectivity index (χ1v) is 9.51. The van der Waals surface area contributed by atoms with Crippen LogP contribution in [0.1, 0.15) is 31.9 Å². The molecule has 1 atom stereocenters. The van der Waals surface area contributed by atoms with Crippen LogP contribution in [0.25, 0.3) is 0 Å². The Bertz CT molecular complexity index is 735. The number of guanidine groups is 1. The Labute approximate surface area is 183 Å². The molecule has 0 bridgehead atoms. The maximum Gasteiger partial charge on any atom is 0.410 e. The number of amides is 1. The van der Waals surface area contributed by atoms with Crippen molar-refractivity contribution < 1.29 is 13.9 Å². The van der Waals surface area contributed by atoms with E-state index < -0.39 is 5.60 Å². The van der Waals surface area contributed by atoms with Crippen LogP contribution < -0.4 is 5.32 Å². The van der Waals surface area contributed by atoms with Crippen LogP contribution in [0.4, 0.5) is 9.18 Å². The van der Waals surface area contributed by atoms with E-state index in [1.165, 1.54) is 6.07 Å². The van der Waals surface area contributed by atoms with Crippen molar-refractivity contribution in [1.82, 2.24) is 15.1 Å². The first-order chi connectivity index (χ1) is 12.7. The highest BCUT2D eigenvalue weighted by atomic mass is 127. The minimum Gasteiger partial charge on any atom is -0.444 e. The standard InChI is InChI=1S/C20H29FN4O2.HI/c1-14-11-16(21)6-5-15(14)7-8-22-18-23-12-17-13-24(9-10-25(17)18)19(26)27-20(2,3)4;/h5-6,11,17H,7-10,12-13H2,1-4H3,(H,22,23);1H. The fourth-order valence-electron chi connectivity index (χ4n) is 3.47. The third-order valence-corrected chi connectivity index (χ3v) is 4.84. The normalized spacial score (nSPS) is 18.9. The van der Waals surface area contributed by atoms with Gasteiger partial charge in [-0.25, -0.2) is 9.18 Å². The predicted octanol–water partition coefficient (Wildman–Crippen LogP) is 3.18. The molecule has 1 unspecified atom stereocenters. The molecule has 0 spiro atoms. The fraction of sp³-hybridized carbons (Fsp3) is 0.600. The molecule has 1 fully saturated rings. The van der Waals surface area contributed by atoms with Crippen LogP contribution in [-0.2, 0) is 11.2 Å². The summed E-state index contributed by atoms with van der Waals surface area (Å²) >= 11 is 0. The Balaban J connectivity index is 0.00000280. The van der Waals surface area contributed by atoms with Gasteiger partial charge in [-0.05, 0) is 57.4 Å². The summed E-state index contributed by atoms with van der Waals surface area (Å²) in [5, 5.41) is 3.40. The number of aliphatic imine (C=N–C) groups is 1. The largest absolute Gasteiger partial charge is 0.444 e. The average Bonchev–Trinajstić information content (AvgIpc) is 2.97. The number of piperazine rings is 1. The lowest BCUT2D eigenvalue weighted by molar-refractivity contribution is 0.0137. The average molecular weight is 504 g/mol.